The van der Waals surface area contributed by atoms with E-state index in [4.69, 9.17) is 8.83 Å². The average Bonchev–Trinajstić information content (AvgIpc) is 3.81. The maximum Gasteiger partial charge on any atom is 0.147 e. The monoisotopic (exact) mass is 728 g/mol. The van der Waals surface area contributed by atoms with Crippen molar-refractivity contribution in [2.75, 3.05) is 0 Å². The van der Waals surface area contributed by atoms with E-state index in [-0.39, 0.29) is 0 Å². The van der Waals surface area contributed by atoms with Crippen molar-refractivity contribution in [2.24, 2.45) is 0 Å². The first-order valence-electron chi connectivity index (χ1n) is 19.5. The third-order valence-electron chi connectivity index (χ3n) is 11.5. The van der Waals surface area contributed by atoms with Crippen molar-refractivity contribution in [3.8, 4) is 44.5 Å². The molecule has 0 bridgehead atoms. The van der Waals surface area contributed by atoms with Crippen LogP contribution in [-0.4, -0.2) is 0 Å². The maximum atomic E-state index is 6.72. The zero-order valence-electron chi connectivity index (χ0n) is 31.4. The molecule has 0 aliphatic carbocycles. The van der Waals surface area contributed by atoms with Crippen LogP contribution in [0.4, 0.5) is 0 Å². The quantitative estimate of drug-likeness (QED) is 0.159. The minimum Gasteiger partial charge on any atom is -0.455 e. The van der Waals surface area contributed by atoms with Crippen LogP contribution in [0.3, 0.4) is 0 Å². The molecule has 0 fully saturated rings. The van der Waals surface area contributed by atoms with Crippen LogP contribution in [0.15, 0.2) is 191 Å². The molecule has 0 amide bonds. The Hall–Kier alpha value is -7.42. The Morgan fingerprint density at radius 3 is 1.58 bits per heavy atom. The van der Waals surface area contributed by atoms with E-state index in [0.717, 1.165) is 60.9 Å². The van der Waals surface area contributed by atoms with Crippen molar-refractivity contribution in [1.82, 2.24) is 0 Å². The fourth-order valence-electron chi connectivity index (χ4n) is 9.09. The van der Waals surface area contributed by atoms with E-state index in [1.165, 1.54) is 60.1 Å². The van der Waals surface area contributed by atoms with Gasteiger partial charge in [-0.25, -0.2) is 0 Å². The molecular weight excluding hydrogens is 693 g/mol. The van der Waals surface area contributed by atoms with E-state index in [1.807, 2.05) is 37.3 Å². The molecular formula is C55H36O2. The summed E-state index contributed by atoms with van der Waals surface area (Å²) in [6.07, 6.45) is 5.91. The summed E-state index contributed by atoms with van der Waals surface area (Å²) in [4.78, 5) is 0. The molecule has 0 aliphatic rings. The summed E-state index contributed by atoms with van der Waals surface area (Å²) < 4.78 is 13.4. The highest BCUT2D eigenvalue weighted by Crippen LogP contribution is 2.48. The Labute approximate surface area is 330 Å². The molecule has 0 radical (unpaired) electrons. The summed E-state index contributed by atoms with van der Waals surface area (Å²) in [5.74, 6) is 0.786. The molecule has 2 aromatic heterocycles. The summed E-state index contributed by atoms with van der Waals surface area (Å²) in [7, 11) is 0. The molecule has 0 saturated heterocycles. The first-order valence-corrected chi connectivity index (χ1v) is 19.5. The lowest BCUT2D eigenvalue weighted by molar-refractivity contribution is 0.603. The van der Waals surface area contributed by atoms with E-state index < -0.39 is 0 Å². The van der Waals surface area contributed by atoms with Crippen molar-refractivity contribution in [3.05, 3.63) is 194 Å². The lowest BCUT2D eigenvalue weighted by atomic mass is 9.84. The molecule has 0 spiro atoms. The minimum absolute atomic E-state index is 0.786. The van der Waals surface area contributed by atoms with Gasteiger partial charge in [0.15, 0.2) is 0 Å². The van der Waals surface area contributed by atoms with E-state index in [1.54, 1.807) is 0 Å². The van der Waals surface area contributed by atoms with Crippen LogP contribution in [0.1, 0.15) is 18.2 Å². The number of rotatable bonds is 6. The van der Waals surface area contributed by atoms with Crippen LogP contribution < -0.4 is 0 Å². The molecule has 9 aromatic carbocycles. The van der Waals surface area contributed by atoms with Crippen molar-refractivity contribution in [3.63, 3.8) is 0 Å². The smallest absolute Gasteiger partial charge is 0.147 e. The van der Waals surface area contributed by atoms with Gasteiger partial charge in [0.25, 0.3) is 0 Å². The third kappa shape index (κ3) is 5.11. The number of para-hydroxylation sites is 1. The first kappa shape index (κ1) is 33.0. The van der Waals surface area contributed by atoms with Crippen LogP contribution in [0.5, 0.6) is 0 Å². The summed E-state index contributed by atoms with van der Waals surface area (Å²) >= 11 is 0. The van der Waals surface area contributed by atoms with Crippen molar-refractivity contribution in [2.45, 2.75) is 6.92 Å². The number of allylic oxidation sites excluding steroid dienone is 1. The molecule has 0 aliphatic heterocycles. The molecule has 2 heterocycles. The highest BCUT2D eigenvalue weighted by atomic mass is 16.3. The standard InChI is InChI=1S/C55H36O2/c1-3-16-49-39(4-2)47-33-48-42-24-11-12-30-50(42)57-55(48)53(54(47)56-49)38-22-14-21-37(32-38)52-45-27-9-7-25-43(45)51(44-26-8-10-28-46(44)52)36-20-13-19-35(31-36)41-29-15-18-34-17-5-6-23-40(34)41/h3-33H,2H2,1H3/b16-3-. The Morgan fingerprint density at radius 1 is 0.421 bits per heavy atom. The Morgan fingerprint density at radius 2 is 0.930 bits per heavy atom. The Balaban J connectivity index is 1.16. The fraction of sp³-hybridized carbons (Fsp3) is 0.0182. The summed E-state index contributed by atoms with van der Waals surface area (Å²) in [5.41, 5.74) is 12.6. The Bertz CT molecular complexity index is 3380. The second-order valence-corrected chi connectivity index (χ2v) is 14.7. The molecule has 11 rings (SSSR count). The van der Waals surface area contributed by atoms with Gasteiger partial charge in [-0.05, 0) is 109 Å². The van der Waals surface area contributed by atoms with Crippen molar-refractivity contribution < 1.29 is 8.83 Å². The predicted octanol–water partition coefficient (Wildman–Crippen LogP) is 16.1. The predicted molar refractivity (Wildman–Crippen MR) is 243 cm³/mol. The molecule has 11 aromatic rings. The number of benzene rings is 9. The molecule has 0 N–H and O–H groups in total. The lowest BCUT2D eigenvalue weighted by Gasteiger charge is -2.19. The number of furan rings is 2. The second-order valence-electron chi connectivity index (χ2n) is 14.7. The topological polar surface area (TPSA) is 26.3 Å². The van der Waals surface area contributed by atoms with Gasteiger partial charge in [0.1, 0.15) is 22.5 Å². The molecule has 0 unspecified atom stereocenters. The van der Waals surface area contributed by atoms with Crippen molar-refractivity contribution >= 4 is 77.4 Å². The normalized spacial score (nSPS) is 11.9. The summed E-state index contributed by atoms with van der Waals surface area (Å²) in [6, 6.07) is 61.3. The number of fused-ring (bicyclic) bond motifs is 7. The van der Waals surface area contributed by atoms with Gasteiger partial charge in [0.2, 0.25) is 0 Å². The maximum absolute atomic E-state index is 6.72. The Kier molecular flexibility index (Phi) is 7.58. The van der Waals surface area contributed by atoms with Crippen LogP contribution >= 0.6 is 0 Å². The third-order valence-corrected chi connectivity index (χ3v) is 11.5. The largest absolute Gasteiger partial charge is 0.455 e. The van der Waals surface area contributed by atoms with Crippen LogP contribution in [0.25, 0.3) is 122 Å². The SMILES string of the molecule is C=Cc1c(/C=C\C)oc2c(-c3cccc(-c4c5ccccc5c(-c5cccc(-c6cccc7ccccc67)c5)c5ccccc45)c3)c3oc4ccccc4c3cc12. The van der Waals surface area contributed by atoms with Gasteiger partial charge >= 0.3 is 0 Å². The highest BCUT2D eigenvalue weighted by Gasteiger charge is 2.23. The van der Waals surface area contributed by atoms with Gasteiger partial charge < -0.3 is 8.83 Å². The number of hydrogen-bond acceptors (Lipinski definition) is 2. The molecule has 0 atom stereocenters. The van der Waals surface area contributed by atoms with Crippen LogP contribution in [0, 0.1) is 0 Å². The van der Waals surface area contributed by atoms with Crippen LogP contribution in [-0.2, 0) is 0 Å². The van der Waals surface area contributed by atoms with Gasteiger partial charge in [-0.1, -0.05) is 164 Å². The summed E-state index contributed by atoms with van der Waals surface area (Å²) in [5, 5.41) is 10.5. The van der Waals surface area contributed by atoms with E-state index >= 15 is 0 Å². The molecule has 2 heteroatoms. The molecule has 2 nitrogen and oxygen atoms in total. The zero-order valence-corrected chi connectivity index (χ0v) is 31.4. The van der Waals surface area contributed by atoms with Crippen molar-refractivity contribution in [1.29, 1.82) is 0 Å². The molecule has 57 heavy (non-hydrogen) atoms. The van der Waals surface area contributed by atoms with Gasteiger partial charge in [0.05, 0.1) is 5.56 Å². The van der Waals surface area contributed by atoms with Gasteiger partial charge in [-0.15, -0.1) is 0 Å². The summed E-state index contributed by atoms with van der Waals surface area (Å²) in [6.45, 7) is 6.19. The zero-order chi connectivity index (χ0) is 38.0. The first-order chi connectivity index (χ1) is 28.2. The highest BCUT2D eigenvalue weighted by molar-refractivity contribution is 6.23. The molecule has 0 saturated carbocycles. The second kappa shape index (κ2) is 13.1. The number of hydrogen-bond donors (Lipinski definition) is 0. The van der Waals surface area contributed by atoms with E-state index in [2.05, 4.69) is 164 Å². The van der Waals surface area contributed by atoms with Gasteiger partial charge in [-0.3, -0.25) is 0 Å². The molecule has 268 valence electrons. The van der Waals surface area contributed by atoms with Gasteiger partial charge in [-0.2, -0.15) is 0 Å². The minimum atomic E-state index is 0.786. The van der Waals surface area contributed by atoms with Gasteiger partial charge in [0, 0.05) is 21.7 Å². The lowest BCUT2D eigenvalue weighted by Crippen LogP contribution is -1.92. The van der Waals surface area contributed by atoms with Crippen LogP contribution in [0.2, 0.25) is 0 Å². The van der Waals surface area contributed by atoms with E-state index in [9.17, 15) is 0 Å². The fourth-order valence-corrected chi connectivity index (χ4v) is 9.09. The van der Waals surface area contributed by atoms with E-state index in [0.29, 0.717) is 0 Å². The average molecular weight is 729 g/mol.